The van der Waals surface area contributed by atoms with Gasteiger partial charge in [-0.05, 0) is 24.5 Å². The summed E-state index contributed by atoms with van der Waals surface area (Å²) in [7, 11) is 0. The minimum absolute atomic E-state index is 0.0487. The second kappa shape index (κ2) is 5.36. The molecule has 1 unspecified atom stereocenters. The number of aliphatic carboxylic acids is 1. The average molecular weight is 273 g/mol. The highest BCUT2D eigenvalue weighted by Crippen LogP contribution is 2.29. The molecule has 1 atom stereocenters. The maximum atomic E-state index is 11.3. The fourth-order valence-corrected chi connectivity index (χ4v) is 2.16. The summed E-state index contributed by atoms with van der Waals surface area (Å²) >= 11 is 0. The van der Waals surface area contributed by atoms with E-state index >= 15 is 0 Å². The molecule has 0 aliphatic rings. The Morgan fingerprint density at radius 3 is 2.60 bits per heavy atom. The van der Waals surface area contributed by atoms with Crippen LogP contribution in [0.25, 0.3) is 10.8 Å². The Labute approximate surface area is 117 Å². The van der Waals surface area contributed by atoms with Gasteiger partial charge >= 0.3 is 5.97 Å². The fourth-order valence-electron chi connectivity index (χ4n) is 2.16. The predicted molar refractivity (Wildman–Crippen MR) is 80.8 cm³/mol. The van der Waals surface area contributed by atoms with E-state index in [1.54, 1.807) is 6.20 Å². The molecule has 20 heavy (non-hydrogen) atoms. The van der Waals surface area contributed by atoms with Crippen LogP contribution >= 0.6 is 0 Å². The Morgan fingerprint density at radius 1 is 1.30 bits per heavy atom. The largest absolute Gasteiger partial charge is 0.480 e. The molecular formula is C15H19N3O2. The lowest BCUT2D eigenvalue weighted by atomic mass is 10.0. The number of carboxylic acid groups (broad SMARTS) is 1. The van der Waals surface area contributed by atoms with Crippen molar-refractivity contribution in [2.24, 2.45) is 5.92 Å². The van der Waals surface area contributed by atoms with Crippen LogP contribution in [0, 0.1) is 12.8 Å². The van der Waals surface area contributed by atoms with Crippen LogP contribution < -0.4 is 11.1 Å². The first-order chi connectivity index (χ1) is 9.41. The van der Waals surface area contributed by atoms with Gasteiger partial charge in [-0.15, -0.1) is 0 Å². The number of pyridine rings is 1. The van der Waals surface area contributed by atoms with Crippen molar-refractivity contribution >= 4 is 28.2 Å². The Morgan fingerprint density at radius 2 is 2.00 bits per heavy atom. The van der Waals surface area contributed by atoms with Crippen molar-refractivity contribution in [3.8, 4) is 0 Å². The minimum Gasteiger partial charge on any atom is -0.480 e. The number of nitrogens with one attached hydrogen (secondary N) is 1. The second-order valence-electron chi connectivity index (χ2n) is 5.26. The number of fused-ring (bicyclic) bond motifs is 1. The van der Waals surface area contributed by atoms with Crippen molar-refractivity contribution in [2.45, 2.75) is 26.8 Å². The SMILES string of the molecule is Cc1ccc2c(NC(C(=O)O)C(C)C)nccc2c1N. The van der Waals surface area contributed by atoms with E-state index in [4.69, 9.17) is 5.73 Å². The number of hydrogen-bond acceptors (Lipinski definition) is 4. The molecule has 0 saturated carbocycles. The molecule has 0 amide bonds. The van der Waals surface area contributed by atoms with Gasteiger partial charge in [0, 0.05) is 22.7 Å². The van der Waals surface area contributed by atoms with Crippen LogP contribution in [0.3, 0.4) is 0 Å². The molecular weight excluding hydrogens is 254 g/mol. The highest BCUT2D eigenvalue weighted by Gasteiger charge is 2.22. The van der Waals surface area contributed by atoms with E-state index in [0.29, 0.717) is 11.5 Å². The van der Waals surface area contributed by atoms with Crippen LogP contribution in [0.2, 0.25) is 0 Å². The Kier molecular flexibility index (Phi) is 3.79. The number of anilines is 2. The van der Waals surface area contributed by atoms with Crippen LogP contribution in [0.4, 0.5) is 11.5 Å². The Balaban J connectivity index is 2.50. The number of nitrogens with two attached hydrogens (primary N) is 1. The predicted octanol–water partition coefficient (Wildman–Crippen LogP) is 2.65. The summed E-state index contributed by atoms with van der Waals surface area (Å²) in [6.45, 7) is 5.65. The van der Waals surface area contributed by atoms with Gasteiger partial charge in [0.25, 0.3) is 0 Å². The molecule has 5 heteroatoms. The minimum atomic E-state index is -0.890. The summed E-state index contributed by atoms with van der Waals surface area (Å²) in [5.74, 6) is -0.387. The van der Waals surface area contributed by atoms with Gasteiger partial charge in [0.2, 0.25) is 0 Å². The van der Waals surface area contributed by atoms with Crippen molar-refractivity contribution < 1.29 is 9.90 Å². The molecule has 1 aromatic heterocycles. The van der Waals surface area contributed by atoms with Crippen LogP contribution in [0.1, 0.15) is 19.4 Å². The number of rotatable bonds is 4. The van der Waals surface area contributed by atoms with Crippen molar-refractivity contribution in [3.05, 3.63) is 30.0 Å². The van der Waals surface area contributed by atoms with Gasteiger partial charge in [-0.2, -0.15) is 0 Å². The number of nitrogens with zero attached hydrogens (tertiary/aromatic N) is 1. The number of benzene rings is 1. The zero-order valence-corrected chi connectivity index (χ0v) is 11.8. The van der Waals surface area contributed by atoms with Crippen LogP contribution in [0.5, 0.6) is 0 Å². The molecule has 0 aliphatic heterocycles. The number of hydrogen-bond donors (Lipinski definition) is 3. The van der Waals surface area contributed by atoms with Gasteiger partial charge in [0.05, 0.1) is 0 Å². The number of nitrogen functional groups attached to an aromatic ring is 1. The van der Waals surface area contributed by atoms with Gasteiger partial charge < -0.3 is 16.2 Å². The molecule has 4 N–H and O–H groups in total. The first-order valence-corrected chi connectivity index (χ1v) is 6.55. The van der Waals surface area contributed by atoms with Crippen molar-refractivity contribution in [1.82, 2.24) is 4.98 Å². The lowest BCUT2D eigenvalue weighted by molar-refractivity contribution is -0.138. The molecule has 0 fully saturated rings. The summed E-state index contributed by atoms with van der Waals surface area (Å²) in [5, 5.41) is 14.0. The lowest BCUT2D eigenvalue weighted by Crippen LogP contribution is -2.34. The van der Waals surface area contributed by atoms with Crippen LogP contribution in [0.15, 0.2) is 24.4 Å². The first kappa shape index (κ1) is 14.1. The maximum absolute atomic E-state index is 11.3. The monoisotopic (exact) mass is 273 g/mol. The molecule has 0 spiro atoms. The Hall–Kier alpha value is -2.30. The van der Waals surface area contributed by atoms with E-state index in [9.17, 15) is 9.90 Å². The van der Waals surface area contributed by atoms with Gasteiger partial charge in [0.1, 0.15) is 11.9 Å². The quantitative estimate of drug-likeness (QED) is 0.745. The normalized spacial score (nSPS) is 12.6. The van der Waals surface area contributed by atoms with Gasteiger partial charge in [0.15, 0.2) is 0 Å². The summed E-state index contributed by atoms with van der Waals surface area (Å²) in [6, 6.07) is 4.98. The summed E-state index contributed by atoms with van der Waals surface area (Å²) in [4.78, 5) is 15.5. The molecule has 2 aromatic rings. The highest BCUT2D eigenvalue weighted by molar-refractivity contribution is 6.00. The number of carbonyl (C=O) groups is 1. The van der Waals surface area contributed by atoms with Gasteiger partial charge in [-0.3, -0.25) is 0 Å². The number of aromatic nitrogens is 1. The summed E-state index contributed by atoms with van der Waals surface area (Å²) in [5.41, 5.74) is 7.76. The van der Waals surface area contributed by atoms with Crippen molar-refractivity contribution in [2.75, 3.05) is 11.1 Å². The molecule has 0 saturated heterocycles. The first-order valence-electron chi connectivity index (χ1n) is 6.55. The van der Waals surface area contributed by atoms with Crippen molar-refractivity contribution in [3.63, 3.8) is 0 Å². The third kappa shape index (κ3) is 2.52. The number of carboxylic acids is 1. The fraction of sp³-hybridized carbons (Fsp3) is 0.333. The highest BCUT2D eigenvalue weighted by atomic mass is 16.4. The standard InChI is InChI=1S/C15H19N3O2/c1-8(2)13(15(19)20)18-14-11-5-4-9(3)12(16)10(11)6-7-17-14/h4-8,13H,16H2,1-3H3,(H,17,18)(H,19,20). The summed E-state index contributed by atoms with van der Waals surface area (Å²) in [6.07, 6.45) is 1.64. The topological polar surface area (TPSA) is 88.2 Å². The van der Waals surface area contributed by atoms with Gasteiger partial charge in [-0.1, -0.05) is 26.0 Å². The van der Waals surface area contributed by atoms with E-state index in [1.807, 2.05) is 39.0 Å². The summed E-state index contributed by atoms with van der Waals surface area (Å²) < 4.78 is 0. The molecule has 1 aromatic carbocycles. The maximum Gasteiger partial charge on any atom is 0.326 e. The van der Waals surface area contributed by atoms with Gasteiger partial charge in [-0.25, -0.2) is 9.78 Å². The van der Waals surface area contributed by atoms with Crippen LogP contribution in [-0.4, -0.2) is 22.1 Å². The lowest BCUT2D eigenvalue weighted by Gasteiger charge is -2.20. The molecule has 106 valence electrons. The average Bonchev–Trinajstić information content (AvgIpc) is 2.39. The second-order valence-corrected chi connectivity index (χ2v) is 5.26. The third-order valence-electron chi connectivity index (χ3n) is 3.43. The smallest absolute Gasteiger partial charge is 0.326 e. The molecule has 0 radical (unpaired) electrons. The van der Waals surface area contributed by atoms with Crippen molar-refractivity contribution in [1.29, 1.82) is 0 Å². The number of aryl methyl sites for hydroxylation is 1. The third-order valence-corrected chi connectivity index (χ3v) is 3.43. The van der Waals surface area contributed by atoms with Crippen LogP contribution in [-0.2, 0) is 4.79 Å². The molecule has 2 rings (SSSR count). The van der Waals surface area contributed by atoms with E-state index in [-0.39, 0.29) is 5.92 Å². The molecule has 0 aliphatic carbocycles. The molecule has 1 heterocycles. The molecule has 0 bridgehead atoms. The Bertz CT molecular complexity index is 653. The van der Waals surface area contributed by atoms with E-state index in [2.05, 4.69) is 10.3 Å². The zero-order chi connectivity index (χ0) is 14.9. The van der Waals surface area contributed by atoms with E-state index in [1.165, 1.54) is 0 Å². The van der Waals surface area contributed by atoms with E-state index < -0.39 is 12.0 Å². The zero-order valence-electron chi connectivity index (χ0n) is 11.8. The van der Waals surface area contributed by atoms with E-state index in [0.717, 1.165) is 16.3 Å². The molecule has 5 nitrogen and oxygen atoms in total.